The summed E-state index contributed by atoms with van der Waals surface area (Å²) in [5, 5.41) is 0.618. The molecule has 0 amide bonds. The first-order valence-corrected chi connectivity index (χ1v) is 7.84. The lowest BCUT2D eigenvalue weighted by atomic mass is 10.1. The quantitative estimate of drug-likeness (QED) is 0.610. The predicted molar refractivity (Wildman–Crippen MR) is 80.9 cm³/mol. The Morgan fingerprint density at radius 1 is 1.21 bits per heavy atom. The second kappa shape index (κ2) is 7.09. The molecule has 0 aromatic carbocycles. The van der Waals surface area contributed by atoms with Gasteiger partial charge in [-0.05, 0) is 19.3 Å². The van der Waals surface area contributed by atoms with Crippen molar-refractivity contribution < 1.29 is 0 Å². The largest absolute Gasteiger partial charge is 0.356 e. The lowest BCUT2D eigenvalue weighted by Gasteiger charge is -2.30. The van der Waals surface area contributed by atoms with E-state index in [1.165, 1.54) is 38.5 Å². The van der Waals surface area contributed by atoms with Gasteiger partial charge in [-0.3, -0.25) is 0 Å². The highest BCUT2D eigenvalue weighted by Gasteiger charge is 2.21. The fraction of sp³-hybridized carbons (Fsp3) is 0.733. The summed E-state index contributed by atoms with van der Waals surface area (Å²) in [6.07, 6.45) is 11.5. The molecule has 1 heterocycles. The van der Waals surface area contributed by atoms with Crippen molar-refractivity contribution in [3.05, 3.63) is 17.0 Å². The van der Waals surface area contributed by atoms with Crippen LogP contribution in [0.5, 0.6) is 0 Å². The van der Waals surface area contributed by atoms with Crippen LogP contribution in [0.1, 0.15) is 57.4 Å². The molecular formula is C15H24ClN3. The zero-order chi connectivity index (χ0) is 13.7. The molecule has 0 radical (unpaired) electrons. The molecule has 19 heavy (non-hydrogen) atoms. The molecule has 0 atom stereocenters. The van der Waals surface area contributed by atoms with Crippen LogP contribution in [-0.4, -0.2) is 23.1 Å². The minimum atomic E-state index is 0.601. The Bertz CT molecular complexity index is 400. The Morgan fingerprint density at radius 2 is 1.89 bits per heavy atom. The van der Waals surface area contributed by atoms with Gasteiger partial charge >= 0.3 is 0 Å². The van der Waals surface area contributed by atoms with Crippen LogP contribution in [-0.2, 0) is 6.42 Å². The Kier molecular flexibility index (Phi) is 5.44. The molecule has 106 valence electrons. The number of aromatic nitrogens is 2. The maximum Gasteiger partial charge on any atom is 0.137 e. The molecule has 0 aliphatic heterocycles. The maximum atomic E-state index is 6.25. The number of anilines is 1. The molecule has 1 aromatic heterocycles. The van der Waals surface area contributed by atoms with Crippen molar-refractivity contribution in [2.24, 2.45) is 0 Å². The molecule has 1 saturated carbocycles. The first kappa shape index (κ1) is 14.6. The standard InChI is InChI=1S/C15H24ClN3/c1-3-8-13-14(16)17-11-18-15(13)19(2)12-9-6-4-5-7-10-12/h11-12H,3-10H2,1-2H3. The Hall–Kier alpha value is -0.830. The fourth-order valence-corrected chi connectivity index (χ4v) is 3.19. The second-order valence-electron chi connectivity index (χ2n) is 5.47. The number of halogens is 1. The van der Waals surface area contributed by atoms with E-state index in [4.69, 9.17) is 11.6 Å². The van der Waals surface area contributed by atoms with Crippen molar-refractivity contribution in [1.82, 2.24) is 9.97 Å². The van der Waals surface area contributed by atoms with Crippen LogP contribution in [0.25, 0.3) is 0 Å². The number of hydrogen-bond acceptors (Lipinski definition) is 3. The van der Waals surface area contributed by atoms with Gasteiger partial charge < -0.3 is 4.90 Å². The Balaban J connectivity index is 2.21. The average Bonchev–Trinajstić information content (AvgIpc) is 2.69. The summed E-state index contributed by atoms with van der Waals surface area (Å²) in [7, 11) is 2.16. The van der Waals surface area contributed by atoms with Crippen molar-refractivity contribution in [1.29, 1.82) is 0 Å². The van der Waals surface area contributed by atoms with Crippen molar-refractivity contribution in [2.45, 2.75) is 64.3 Å². The van der Waals surface area contributed by atoms with Gasteiger partial charge in [-0.2, -0.15) is 0 Å². The molecule has 0 saturated heterocycles. The van der Waals surface area contributed by atoms with Crippen LogP contribution in [0.2, 0.25) is 5.15 Å². The van der Waals surface area contributed by atoms with E-state index < -0.39 is 0 Å². The van der Waals surface area contributed by atoms with Gasteiger partial charge in [0.1, 0.15) is 17.3 Å². The van der Waals surface area contributed by atoms with E-state index in [0.717, 1.165) is 24.2 Å². The average molecular weight is 282 g/mol. The highest BCUT2D eigenvalue weighted by molar-refractivity contribution is 6.30. The minimum Gasteiger partial charge on any atom is -0.356 e. The van der Waals surface area contributed by atoms with Gasteiger partial charge in [-0.25, -0.2) is 9.97 Å². The van der Waals surface area contributed by atoms with Crippen LogP contribution in [0.4, 0.5) is 5.82 Å². The predicted octanol–water partition coefficient (Wildman–Crippen LogP) is 4.24. The van der Waals surface area contributed by atoms with Gasteiger partial charge in [0.2, 0.25) is 0 Å². The van der Waals surface area contributed by atoms with E-state index in [1.807, 2.05) is 0 Å². The molecule has 0 spiro atoms. The molecule has 0 N–H and O–H groups in total. The maximum absolute atomic E-state index is 6.25. The van der Waals surface area contributed by atoms with E-state index in [0.29, 0.717) is 11.2 Å². The van der Waals surface area contributed by atoms with Crippen molar-refractivity contribution in [3.63, 3.8) is 0 Å². The van der Waals surface area contributed by atoms with E-state index >= 15 is 0 Å². The van der Waals surface area contributed by atoms with Crippen LogP contribution in [0.3, 0.4) is 0 Å². The number of hydrogen-bond donors (Lipinski definition) is 0. The van der Waals surface area contributed by atoms with E-state index in [2.05, 4.69) is 28.8 Å². The van der Waals surface area contributed by atoms with Crippen molar-refractivity contribution >= 4 is 17.4 Å². The second-order valence-corrected chi connectivity index (χ2v) is 5.83. The molecule has 1 fully saturated rings. The Morgan fingerprint density at radius 3 is 2.53 bits per heavy atom. The summed E-state index contributed by atoms with van der Waals surface area (Å²) in [5.41, 5.74) is 1.11. The monoisotopic (exact) mass is 281 g/mol. The van der Waals surface area contributed by atoms with E-state index in [9.17, 15) is 0 Å². The molecule has 0 unspecified atom stereocenters. The summed E-state index contributed by atoms with van der Waals surface area (Å²) >= 11 is 6.25. The first-order chi connectivity index (χ1) is 9.24. The summed E-state index contributed by atoms with van der Waals surface area (Å²) in [6.45, 7) is 2.17. The third-order valence-electron chi connectivity index (χ3n) is 4.08. The minimum absolute atomic E-state index is 0.601. The highest BCUT2D eigenvalue weighted by Crippen LogP contribution is 2.29. The smallest absolute Gasteiger partial charge is 0.137 e. The van der Waals surface area contributed by atoms with Crippen LogP contribution < -0.4 is 4.90 Å². The summed E-state index contributed by atoms with van der Waals surface area (Å²) in [4.78, 5) is 11.0. The topological polar surface area (TPSA) is 29.0 Å². The van der Waals surface area contributed by atoms with E-state index in [1.54, 1.807) is 6.33 Å². The first-order valence-electron chi connectivity index (χ1n) is 7.46. The summed E-state index contributed by atoms with van der Waals surface area (Å²) in [5.74, 6) is 1.04. The van der Waals surface area contributed by atoms with E-state index in [-0.39, 0.29) is 0 Å². The Labute approximate surface area is 121 Å². The third kappa shape index (κ3) is 3.59. The van der Waals surface area contributed by atoms with Gasteiger partial charge in [0.15, 0.2) is 0 Å². The molecule has 1 aliphatic rings. The van der Waals surface area contributed by atoms with Crippen LogP contribution >= 0.6 is 11.6 Å². The van der Waals surface area contributed by atoms with Crippen LogP contribution in [0, 0.1) is 0 Å². The molecule has 4 heteroatoms. The fourth-order valence-electron chi connectivity index (χ4n) is 2.97. The molecule has 3 nitrogen and oxygen atoms in total. The lowest BCUT2D eigenvalue weighted by Crippen LogP contribution is -2.32. The molecule has 1 aliphatic carbocycles. The van der Waals surface area contributed by atoms with Gasteiger partial charge in [-0.15, -0.1) is 0 Å². The summed E-state index contributed by atoms with van der Waals surface area (Å²) in [6, 6.07) is 0.601. The number of nitrogens with zero attached hydrogens (tertiary/aromatic N) is 3. The summed E-state index contributed by atoms with van der Waals surface area (Å²) < 4.78 is 0. The van der Waals surface area contributed by atoms with Gasteiger partial charge in [0.25, 0.3) is 0 Å². The molecule has 1 aromatic rings. The zero-order valence-electron chi connectivity index (χ0n) is 12.0. The highest BCUT2D eigenvalue weighted by atomic mass is 35.5. The van der Waals surface area contributed by atoms with Gasteiger partial charge in [0.05, 0.1) is 0 Å². The normalized spacial score (nSPS) is 17.2. The SMILES string of the molecule is CCCc1c(Cl)ncnc1N(C)C1CCCCCC1. The van der Waals surface area contributed by atoms with Crippen LogP contribution in [0.15, 0.2) is 6.33 Å². The molecule has 0 bridgehead atoms. The van der Waals surface area contributed by atoms with Crippen molar-refractivity contribution in [3.8, 4) is 0 Å². The third-order valence-corrected chi connectivity index (χ3v) is 4.40. The molecular weight excluding hydrogens is 258 g/mol. The number of rotatable bonds is 4. The zero-order valence-corrected chi connectivity index (χ0v) is 12.8. The van der Waals surface area contributed by atoms with Gasteiger partial charge in [0, 0.05) is 18.7 Å². The van der Waals surface area contributed by atoms with Crippen molar-refractivity contribution in [2.75, 3.05) is 11.9 Å². The lowest BCUT2D eigenvalue weighted by molar-refractivity contribution is 0.547. The molecule has 2 rings (SSSR count). The van der Waals surface area contributed by atoms with Gasteiger partial charge in [-0.1, -0.05) is 50.6 Å².